The van der Waals surface area contributed by atoms with Crippen LogP contribution in [0.15, 0.2) is 71.5 Å². The summed E-state index contributed by atoms with van der Waals surface area (Å²) in [5.74, 6) is 0. The molecule has 4 aromatic rings. The largest absolute Gasteiger partial charge is 0.443 e. The Morgan fingerprint density at radius 1 is 0.792 bits per heavy atom. The van der Waals surface area contributed by atoms with E-state index in [0.29, 0.717) is 0 Å². The van der Waals surface area contributed by atoms with Crippen LogP contribution in [-0.4, -0.2) is 4.98 Å². The van der Waals surface area contributed by atoms with Gasteiger partial charge < -0.3 is 4.42 Å². The summed E-state index contributed by atoms with van der Waals surface area (Å²) in [5, 5.41) is 0. The van der Waals surface area contributed by atoms with E-state index in [0.717, 1.165) is 16.7 Å². The Balaban J connectivity index is 1.76. The fourth-order valence-electron chi connectivity index (χ4n) is 3.99. The van der Waals surface area contributed by atoms with Crippen LogP contribution in [0, 0.1) is 0 Å². The first-order valence-corrected chi connectivity index (χ1v) is 8.23. The van der Waals surface area contributed by atoms with Gasteiger partial charge in [0.15, 0.2) is 12.0 Å². The number of hydrogen-bond acceptors (Lipinski definition) is 2. The van der Waals surface area contributed by atoms with Crippen LogP contribution in [0.25, 0.3) is 33.4 Å². The summed E-state index contributed by atoms with van der Waals surface area (Å²) in [5.41, 5.74) is 9.54. The Morgan fingerprint density at radius 3 is 2.50 bits per heavy atom. The Bertz CT molecular complexity index is 1090. The fraction of sp³-hybridized carbons (Fsp3) is 0.136. The molecule has 0 saturated heterocycles. The third-order valence-corrected chi connectivity index (χ3v) is 5.25. The second-order valence-corrected chi connectivity index (χ2v) is 6.94. The summed E-state index contributed by atoms with van der Waals surface area (Å²) in [6.07, 6.45) is 1.52. The molecule has 0 saturated carbocycles. The van der Waals surface area contributed by atoms with Crippen LogP contribution in [0.3, 0.4) is 0 Å². The van der Waals surface area contributed by atoms with Crippen LogP contribution in [0.1, 0.15) is 25.0 Å². The van der Waals surface area contributed by atoms with Gasteiger partial charge in [-0.2, -0.15) is 0 Å². The first kappa shape index (κ1) is 13.6. The molecule has 2 nitrogen and oxygen atoms in total. The third-order valence-electron chi connectivity index (χ3n) is 5.25. The van der Waals surface area contributed by atoms with Crippen molar-refractivity contribution in [2.45, 2.75) is 19.3 Å². The van der Waals surface area contributed by atoms with E-state index < -0.39 is 0 Å². The Morgan fingerprint density at radius 2 is 1.58 bits per heavy atom. The molecule has 3 aromatic carbocycles. The summed E-state index contributed by atoms with van der Waals surface area (Å²) in [7, 11) is 0. The number of rotatable bonds is 1. The maximum atomic E-state index is 5.45. The average molecular weight is 311 g/mol. The second kappa shape index (κ2) is 4.57. The lowest BCUT2D eigenvalue weighted by atomic mass is 9.81. The molecule has 1 aliphatic carbocycles. The Hall–Kier alpha value is -2.87. The molecule has 5 rings (SSSR count). The molecular formula is C22H17NO. The van der Waals surface area contributed by atoms with E-state index in [2.05, 4.69) is 67.4 Å². The lowest BCUT2D eigenvalue weighted by Gasteiger charge is -2.22. The zero-order valence-corrected chi connectivity index (χ0v) is 13.7. The van der Waals surface area contributed by atoms with Gasteiger partial charge in [-0.25, -0.2) is 4.98 Å². The summed E-state index contributed by atoms with van der Waals surface area (Å²) < 4.78 is 5.45. The lowest BCUT2D eigenvalue weighted by Crippen LogP contribution is -2.14. The van der Waals surface area contributed by atoms with E-state index in [-0.39, 0.29) is 5.41 Å². The van der Waals surface area contributed by atoms with Crippen molar-refractivity contribution in [3.05, 3.63) is 78.2 Å². The quantitative estimate of drug-likeness (QED) is 0.444. The summed E-state index contributed by atoms with van der Waals surface area (Å²) in [6.45, 7) is 4.61. The van der Waals surface area contributed by atoms with E-state index in [1.807, 2.05) is 12.1 Å². The second-order valence-electron chi connectivity index (χ2n) is 6.94. The van der Waals surface area contributed by atoms with Gasteiger partial charge in [-0.1, -0.05) is 62.4 Å². The molecule has 24 heavy (non-hydrogen) atoms. The maximum absolute atomic E-state index is 5.45. The third kappa shape index (κ3) is 1.68. The topological polar surface area (TPSA) is 26.0 Å². The summed E-state index contributed by atoms with van der Waals surface area (Å²) in [6, 6.07) is 21.6. The fourth-order valence-corrected chi connectivity index (χ4v) is 3.99. The Labute approximate surface area is 140 Å². The Kier molecular flexibility index (Phi) is 2.58. The standard InChI is InChI=1S/C22H17NO/c1-22(2)18-8-4-3-6-16(18)17-11-10-14(12-19(17)22)15-7-5-9-20-21(15)23-13-24-20/h3-13H,1-2H3. The van der Waals surface area contributed by atoms with Crippen molar-refractivity contribution >= 4 is 11.1 Å². The number of fused-ring (bicyclic) bond motifs is 4. The molecule has 0 amide bonds. The average Bonchev–Trinajstić information content (AvgIpc) is 3.17. The molecule has 116 valence electrons. The predicted octanol–water partition coefficient (Wildman–Crippen LogP) is 5.80. The highest BCUT2D eigenvalue weighted by atomic mass is 16.3. The molecule has 1 aromatic heterocycles. The SMILES string of the molecule is CC1(C)c2ccccc2-c2ccc(-c3cccc4ocnc34)cc21. The van der Waals surface area contributed by atoms with Crippen LogP contribution in [-0.2, 0) is 5.41 Å². The van der Waals surface area contributed by atoms with Gasteiger partial charge >= 0.3 is 0 Å². The first-order chi connectivity index (χ1) is 11.7. The monoisotopic (exact) mass is 311 g/mol. The molecule has 0 atom stereocenters. The molecule has 0 aliphatic heterocycles. The zero-order chi connectivity index (χ0) is 16.3. The van der Waals surface area contributed by atoms with Crippen molar-refractivity contribution < 1.29 is 4.42 Å². The van der Waals surface area contributed by atoms with E-state index in [4.69, 9.17) is 4.42 Å². The van der Waals surface area contributed by atoms with Gasteiger partial charge in [0, 0.05) is 11.0 Å². The molecular weight excluding hydrogens is 294 g/mol. The van der Waals surface area contributed by atoms with Gasteiger partial charge in [0.25, 0.3) is 0 Å². The van der Waals surface area contributed by atoms with E-state index in [1.165, 1.54) is 34.2 Å². The minimum atomic E-state index is 0.0135. The van der Waals surface area contributed by atoms with Crippen molar-refractivity contribution in [3.63, 3.8) is 0 Å². The first-order valence-electron chi connectivity index (χ1n) is 8.23. The van der Waals surface area contributed by atoms with Gasteiger partial charge in [-0.05, 0) is 39.9 Å². The van der Waals surface area contributed by atoms with Crippen LogP contribution < -0.4 is 0 Å². The van der Waals surface area contributed by atoms with Gasteiger partial charge in [-0.15, -0.1) is 0 Å². The van der Waals surface area contributed by atoms with Gasteiger partial charge in [0.2, 0.25) is 0 Å². The van der Waals surface area contributed by atoms with Crippen molar-refractivity contribution in [3.8, 4) is 22.3 Å². The number of para-hydroxylation sites is 1. The molecule has 0 spiro atoms. The molecule has 1 heterocycles. The normalized spacial score (nSPS) is 14.6. The predicted molar refractivity (Wildman–Crippen MR) is 97.0 cm³/mol. The molecule has 0 radical (unpaired) electrons. The highest BCUT2D eigenvalue weighted by molar-refractivity contribution is 5.92. The van der Waals surface area contributed by atoms with Crippen LogP contribution in [0.4, 0.5) is 0 Å². The highest BCUT2D eigenvalue weighted by Gasteiger charge is 2.35. The number of aromatic nitrogens is 1. The van der Waals surface area contributed by atoms with Crippen LogP contribution in [0.2, 0.25) is 0 Å². The van der Waals surface area contributed by atoms with Gasteiger partial charge in [-0.3, -0.25) is 0 Å². The van der Waals surface area contributed by atoms with Gasteiger partial charge in [0.1, 0.15) is 5.52 Å². The molecule has 0 N–H and O–H groups in total. The number of hydrogen-bond donors (Lipinski definition) is 0. The van der Waals surface area contributed by atoms with Crippen molar-refractivity contribution in [2.75, 3.05) is 0 Å². The van der Waals surface area contributed by atoms with Crippen LogP contribution in [0.5, 0.6) is 0 Å². The smallest absolute Gasteiger partial charge is 0.182 e. The maximum Gasteiger partial charge on any atom is 0.182 e. The molecule has 1 aliphatic rings. The number of benzene rings is 3. The van der Waals surface area contributed by atoms with E-state index in [9.17, 15) is 0 Å². The minimum Gasteiger partial charge on any atom is -0.443 e. The molecule has 0 bridgehead atoms. The van der Waals surface area contributed by atoms with E-state index >= 15 is 0 Å². The minimum absolute atomic E-state index is 0.0135. The zero-order valence-electron chi connectivity index (χ0n) is 13.7. The highest BCUT2D eigenvalue weighted by Crippen LogP contribution is 2.49. The lowest BCUT2D eigenvalue weighted by molar-refractivity contribution is 0.602. The molecule has 0 unspecified atom stereocenters. The van der Waals surface area contributed by atoms with Crippen molar-refractivity contribution in [1.29, 1.82) is 0 Å². The summed E-state index contributed by atoms with van der Waals surface area (Å²) in [4.78, 5) is 4.40. The molecule has 0 fully saturated rings. The number of nitrogens with zero attached hydrogens (tertiary/aromatic N) is 1. The summed E-state index contributed by atoms with van der Waals surface area (Å²) >= 11 is 0. The van der Waals surface area contributed by atoms with Crippen molar-refractivity contribution in [2.24, 2.45) is 0 Å². The van der Waals surface area contributed by atoms with Crippen LogP contribution >= 0.6 is 0 Å². The van der Waals surface area contributed by atoms with E-state index in [1.54, 1.807) is 0 Å². The van der Waals surface area contributed by atoms with Crippen molar-refractivity contribution in [1.82, 2.24) is 4.98 Å². The van der Waals surface area contributed by atoms with Gasteiger partial charge in [0.05, 0.1) is 0 Å². The number of oxazole rings is 1. The molecule has 2 heteroatoms.